The van der Waals surface area contributed by atoms with E-state index in [2.05, 4.69) is 15.6 Å². The molecule has 148 valence electrons. The van der Waals surface area contributed by atoms with Gasteiger partial charge in [0.15, 0.2) is 17.0 Å². The maximum atomic E-state index is 12.3. The molecule has 0 aliphatic carbocycles. The van der Waals surface area contributed by atoms with Crippen LogP contribution in [0.15, 0.2) is 65.4 Å². The van der Waals surface area contributed by atoms with E-state index >= 15 is 0 Å². The molecule has 0 spiro atoms. The van der Waals surface area contributed by atoms with E-state index in [1.807, 2.05) is 0 Å². The van der Waals surface area contributed by atoms with Crippen LogP contribution in [0.4, 0.5) is 11.4 Å². The fourth-order valence-corrected chi connectivity index (χ4v) is 2.45. The van der Waals surface area contributed by atoms with Crippen LogP contribution in [0.25, 0.3) is 0 Å². The number of rotatable bonds is 6. The zero-order valence-electron chi connectivity index (χ0n) is 15.2. The molecule has 0 fully saturated rings. The van der Waals surface area contributed by atoms with Gasteiger partial charge in [0.1, 0.15) is 0 Å². The van der Waals surface area contributed by atoms with E-state index in [1.54, 1.807) is 18.2 Å². The minimum atomic E-state index is -1.06. The quantitative estimate of drug-likeness (QED) is 0.470. The first-order valence-corrected chi connectivity index (χ1v) is 8.89. The molecule has 0 aliphatic rings. The first-order valence-electron chi connectivity index (χ1n) is 8.51. The summed E-state index contributed by atoms with van der Waals surface area (Å²) in [4.78, 5) is 40.2. The summed E-state index contributed by atoms with van der Waals surface area (Å²) in [5, 5.41) is 5.31. The van der Waals surface area contributed by atoms with Crippen molar-refractivity contribution in [3.63, 3.8) is 0 Å². The van der Waals surface area contributed by atoms with Crippen LogP contribution in [0, 0.1) is 0 Å². The normalized spacial score (nSPS) is 11.4. The van der Waals surface area contributed by atoms with Crippen LogP contribution in [-0.4, -0.2) is 28.9 Å². The Bertz CT molecular complexity index is 1020. The number of furan rings is 1. The molecule has 0 bridgehead atoms. The molecular weight excluding hydrogens is 398 g/mol. The number of carbonyl (C=O) groups excluding carboxylic acids is 3. The van der Waals surface area contributed by atoms with Gasteiger partial charge in [0, 0.05) is 11.9 Å². The molecule has 8 nitrogen and oxygen atoms in total. The standard InChI is InChI=1S/C20H16ClN3O5/c1-12(18(25)24-15-4-2-10-22-17(15)21)29-20(27)13-6-8-14(9-7-13)23-19(26)16-5-3-11-28-16/h2-12H,1H3,(H,23,26)(H,24,25)/t12-/m1/s1. The number of anilines is 2. The second kappa shape index (κ2) is 9.03. The van der Waals surface area contributed by atoms with Crippen molar-refractivity contribution in [3.05, 3.63) is 77.5 Å². The average Bonchev–Trinajstić information content (AvgIpc) is 3.25. The molecular formula is C20H16ClN3O5. The van der Waals surface area contributed by atoms with Gasteiger partial charge in [-0.25, -0.2) is 9.78 Å². The van der Waals surface area contributed by atoms with E-state index in [4.69, 9.17) is 20.8 Å². The lowest BCUT2D eigenvalue weighted by Gasteiger charge is -2.14. The van der Waals surface area contributed by atoms with E-state index < -0.39 is 23.9 Å². The van der Waals surface area contributed by atoms with Gasteiger partial charge in [0.05, 0.1) is 17.5 Å². The number of nitrogens with zero attached hydrogens (tertiary/aromatic N) is 1. The van der Waals surface area contributed by atoms with Gasteiger partial charge >= 0.3 is 5.97 Å². The van der Waals surface area contributed by atoms with Crippen molar-refractivity contribution in [2.75, 3.05) is 10.6 Å². The number of carbonyl (C=O) groups is 3. The van der Waals surface area contributed by atoms with Gasteiger partial charge in [-0.15, -0.1) is 0 Å². The lowest BCUT2D eigenvalue weighted by atomic mass is 10.2. The van der Waals surface area contributed by atoms with Gasteiger partial charge < -0.3 is 19.8 Å². The summed E-state index contributed by atoms with van der Waals surface area (Å²) < 4.78 is 10.2. The first-order chi connectivity index (χ1) is 13.9. The molecule has 2 heterocycles. The molecule has 2 N–H and O–H groups in total. The van der Waals surface area contributed by atoms with Crippen molar-refractivity contribution in [2.24, 2.45) is 0 Å². The Balaban J connectivity index is 1.56. The Morgan fingerprint density at radius 2 is 1.83 bits per heavy atom. The molecule has 2 aromatic heterocycles. The van der Waals surface area contributed by atoms with Crippen molar-refractivity contribution in [1.29, 1.82) is 0 Å². The SMILES string of the molecule is C[C@@H](OC(=O)c1ccc(NC(=O)c2ccco2)cc1)C(=O)Nc1cccnc1Cl. The Kier molecular flexibility index (Phi) is 6.25. The van der Waals surface area contributed by atoms with Crippen LogP contribution in [0.5, 0.6) is 0 Å². The zero-order valence-corrected chi connectivity index (χ0v) is 16.0. The number of aromatic nitrogens is 1. The van der Waals surface area contributed by atoms with E-state index in [0.717, 1.165) is 0 Å². The number of benzene rings is 1. The highest BCUT2D eigenvalue weighted by atomic mass is 35.5. The van der Waals surface area contributed by atoms with Gasteiger partial charge in [0.2, 0.25) is 0 Å². The average molecular weight is 414 g/mol. The number of pyridine rings is 1. The maximum absolute atomic E-state index is 12.3. The van der Waals surface area contributed by atoms with Crippen molar-refractivity contribution in [3.8, 4) is 0 Å². The van der Waals surface area contributed by atoms with E-state index in [0.29, 0.717) is 11.4 Å². The molecule has 0 saturated heterocycles. The topological polar surface area (TPSA) is 111 Å². The molecule has 0 aliphatic heterocycles. The minimum absolute atomic E-state index is 0.131. The fraction of sp³-hybridized carbons (Fsp3) is 0.100. The van der Waals surface area contributed by atoms with Crippen molar-refractivity contribution in [1.82, 2.24) is 4.98 Å². The first kappa shape index (κ1) is 20.1. The second-order valence-corrected chi connectivity index (χ2v) is 6.25. The number of hydrogen-bond acceptors (Lipinski definition) is 6. The minimum Gasteiger partial charge on any atom is -0.459 e. The predicted octanol–water partition coefficient (Wildman–Crippen LogP) is 3.76. The predicted molar refractivity (Wildman–Crippen MR) is 106 cm³/mol. The lowest BCUT2D eigenvalue weighted by Crippen LogP contribution is -2.30. The van der Waals surface area contributed by atoms with Crippen molar-refractivity contribution >= 4 is 40.8 Å². The summed E-state index contributed by atoms with van der Waals surface area (Å²) in [6.07, 6.45) is 1.83. The smallest absolute Gasteiger partial charge is 0.338 e. The summed E-state index contributed by atoms with van der Waals surface area (Å²) in [5.74, 6) is -1.48. The summed E-state index contributed by atoms with van der Waals surface area (Å²) >= 11 is 5.89. The Morgan fingerprint density at radius 3 is 2.48 bits per heavy atom. The number of halogens is 1. The van der Waals surface area contributed by atoms with Gasteiger partial charge in [-0.1, -0.05) is 11.6 Å². The van der Waals surface area contributed by atoms with Crippen molar-refractivity contribution in [2.45, 2.75) is 13.0 Å². The van der Waals surface area contributed by atoms with Crippen LogP contribution >= 0.6 is 11.6 Å². The van der Waals surface area contributed by atoms with Crippen LogP contribution < -0.4 is 10.6 Å². The summed E-state index contributed by atoms with van der Waals surface area (Å²) in [6.45, 7) is 1.44. The Morgan fingerprint density at radius 1 is 1.07 bits per heavy atom. The van der Waals surface area contributed by atoms with Gasteiger partial charge in [-0.2, -0.15) is 0 Å². The van der Waals surface area contributed by atoms with Gasteiger partial charge in [-0.3, -0.25) is 9.59 Å². The monoisotopic (exact) mass is 413 g/mol. The maximum Gasteiger partial charge on any atom is 0.338 e. The highest BCUT2D eigenvalue weighted by Gasteiger charge is 2.20. The molecule has 3 rings (SSSR count). The number of esters is 1. The molecule has 0 saturated carbocycles. The second-order valence-electron chi connectivity index (χ2n) is 5.89. The number of ether oxygens (including phenoxy) is 1. The highest BCUT2D eigenvalue weighted by Crippen LogP contribution is 2.18. The Labute approximate surface area is 170 Å². The zero-order chi connectivity index (χ0) is 20.8. The Hall–Kier alpha value is -3.65. The largest absolute Gasteiger partial charge is 0.459 e. The third-order valence-corrected chi connectivity index (χ3v) is 4.09. The van der Waals surface area contributed by atoms with E-state index in [-0.39, 0.29) is 16.5 Å². The molecule has 2 amide bonds. The molecule has 1 atom stereocenters. The molecule has 0 unspecified atom stereocenters. The molecule has 9 heteroatoms. The van der Waals surface area contributed by atoms with Crippen LogP contribution in [0.3, 0.4) is 0 Å². The van der Waals surface area contributed by atoms with E-state index in [9.17, 15) is 14.4 Å². The van der Waals surface area contributed by atoms with Gasteiger partial charge in [0.25, 0.3) is 11.8 Å². The molecule has 3 aromatic rings. The lowest BCUT2D eigenvalue weighted by molar-refractivity contribution is -0.123. The van der Waals surface area contributed by atoms with Gasteiger partial charge in [-0.05, 0) is 55.5 Å². The van der Waals surface area contributed by atoms with Crippen LogP contribution in [0.1, 0.15) is 27.8 Å². The van der Waals surface area contributed by atoms with Crippen LogP contribution in [-0.2, 0) is 9.53 Å². The van der Waals surface area contributed by atoms with E-state index in [1.165, 1.54) is 49.7 Å². The van der Waals surface area contributed by atoms with Crippen LogP contribution in [0.2, 0.25) is 5.15 Å². The third-order valence-electron chi connectivity index (χ3n) is 3.79. The highest BCUT2D eigenvalue weighted by molar-refractivity contribution is 6.32. The number of nitrogens with one attached hydrogen (secondary N) is 2. The summed E-state index contributed by atoms with van der Waals surface area (Å²) in [5.41, 5.74) is 1.01. The number of amides is 2. The summed E-state index contributed by atoms with van der Waals surface area (Å²) in [7, 11) is 0. The van der Waals surface area contributed by atoms with Crippen molar-refractivity contribution < 1.29 is 23.5 Å². The molecule has 1 aromatic carbocycles. The summed E-state index contributed by atoms with van der Waals surface area (Å²) in [6, 6.07) is 12.4. The molecule has 0 radical (unpaired) electrons. The fourth-order valence-electron chi connectivity index (χ4n) is 2.29. The number of hydrogen-bond donors (Lipinski definition) is 2. The molecule has 29 heavy (non-hydrogen) atoms. The third kappa shape index (κ3) is 5.20.